The number of methoxy groups -OCH3 is 2. The summed E-state index contributed by atoms with van der Waals surface area (Å²) in [5, 5.41) is 15.1. The number of hydroxylamine groups is 2. The number of hydrogen-bond donors (Lipinski definition) is 3. The number of nitrogens with zero attached hydrogens (tertiary/aromatic N) is 4. The van der Waals surface area contributed by atoms with E-state index in [1.807, 2.05) is 85.8 Å². The van der Waals surface area contributed by atoms with E-state index >= 15 is 0 Å². The Bertz CT molecular complexity index is 2230. The third-order valence-electron chi connectivity index (χ3n) is 12.3. The SMILES string of the molecule is COc1ccc(C(O[C@H](C)[C@@]23CO[C@@H]([C@H](n4cnc5c4NC(N)(C(=O)C(C)C)NC5=O)O2)[C@@H]3OP[N+](OCCC#N)(C(C)C)C(C)C)(c2ccccc2)c2ccc(OC)cc2)cc1. The van der Waals surface area contributed by atoms with E-state index in [0.717, 1.165) is 16.7 Å². The molecule has 2 saturated heterocycles. The van der Waals surface area contributed by atoms with Crippen LogP contribution in [0.1, 0.15) is 88.3 Å². The average Bonchev–Trinajstić information content (AvgIpc) is 3.97. The number of fused-ring (bicyclic) bond motifs is 3. The van der Waals surface area contributed by atoms with Gasteiger partial charge in [-0.25, -0.2) is 4.98 Å². The molecule has 4 N–H and O–H groups in total. The smallest absolute Gasteiger partial charge is 0.276 e. The highest BCUT2D eigenvalue weighted by atomic mass is 31.1. The molecule has 0 aliphatic carbocycles. The molecule has 0 radical (unpaired) electrons. The molecule has 1 amide bonds. The summed E-state index contributed by atoms with van der Waals surface area (Å²) in [6, 6.07) is 27.6. The normalized spacial score (nSPS) is 23.8. The molecule has 3 aliphatic heterocycles. The first-order chi connectivity index (χ1) is 30.1. The van der Waals surface area contributed by atoms with Gasteiger partial charge >= 0.3 is 0 Å². The number of anilines is 1. The fourth-order valence-corrected chi connectivity index (χ4v) is 10.1. The van der Waals surface area contributed by atoms with Gasteiger partial charge in [-0.15, -0.1) is 4.42 Å². The van der Waals surface area contributed by atoms with Crippen molar-refractivity contribution in [2.45, 2.75) is 108 Å². The quantitative estimate of drug-likeness (QED) is 0.0411. The standard InChI is InChI=1S/C46H58N7O9P/c1-28(2)39(54)46(48)50-41-37(42(55)51-46)49-27-52(41)43-38-40(62-63-53(29(3)4,30(5)6)59-25-13-24-47)44(61-43,26-58-38)31(7)60-45(32-14-11-10-12-15-32,33-16-20-35(56-8)21-17-33)34-18-22-36(57-9)23-19-34/h10-12,14-23,27-31,38,40,43,63H,13,25-26,48H2,1-9H3,(H-,50,51,55)/p+1/t31-,38-,40+,43-,44-,46?/m1/s1. The number of amides is 1. The molecule has 2 fully saturated rings. The molecule has 336 valence electrons. The highest BCUT2D eigenvalue weighted by Crippen LogP contribution is 2.55. The molecule has 7 atom stereocenters. The van der Waals surface area contributed by atoms with Crippen molar-refractivity contribution in [2.24, 2.45) is 11.7 Å². The number of quaternary nitrogens is 1. The van der Waals surface area contributed by atoms with Gasteiger partial charge < -0.3 is 38.8 Å². The molecule has 7 rings (SSSR count). The van der Waals surface area contributed by atoms with Crippen LogP contribution >= 0.6 is 8.96 Å². The van der Waals surface area contributed by atoms with Crippen molar-refractivity contribution < 1.29 is 47.1 Å². The summed E-state index contributed by atoms with van der Waals surface area (Å²) >= 11 is 0. The Balaban J connectivity index is 1.37. The fourth-order valence-electron chi connectivity index (χ4n) is 8.91. The Morgan fingerprint density at radius 1 is 0.952 bits per heavy atom. The molecule has 4 aromatic rings. The van der Waals surface area contributed by atoms with Gasteiger partial charge in [-0.3, -0.25) is 19.9 Å². The molecular formula is C46H59N7O9P+. The molecule has 3 aromatic carbocycles. The molecular weight excluding hydrogens is 826 g/mol. The largest absolute Gasteiger partial charge is 0.497 e. The predicted octanol–water partition coefficient (Wildman–Crippen LogP) is 6.33. The number of ether oxygens (including phenoxy) is 5. The van der Waals surface area contributed by atoms with E-state index in [2.05, 4.69) is 49.4 Å². The number of carbonyl (C=O) groups is 2. The van der Waals surface area contributed by atoms with Crippen LogP contribution in [0.2, 0.25) is 0 Å². The van der Waals surface area contributed by atoms with Gasteiger partial charge in [-0.1, -0.05) is 68.4 Å². The molecule has 2 bridgehead atoms. The lowest BCUT2D eigenvalue weighted by molar-refractivity contribution is -1.04. The number of Topliss-reactive ketones (excluding diaryl/α,β-unsaturated/α-hetero) is 1. The van der Waals surface area contributed by atoms with E-state index in [1.165, 1.54) is 6.33 Å². The van der Waals surface area contributed by atoms with E-state index < -0.39 is 59.1 Å². The molecule has 63 heavy (non-hydrogen) atoms. The Hall–Kier alpha value is -4.95. The number of ketones is 1. The zero-order valence-electron chi connectivity index (χ0n) is 37.3. The third-order valence-corrected chi connectivity index (χ3v) is 14.1. The Labute approximate surface area is 370 Å². The van der Waals surface area contributed by atoms with Crippen molar-refractivity contribution >= 4 is 26.5 Å². The Morgan fingerprint density at radius 2 is 1.54 bits per heavy atom. The number of nitrogens with one attached hydrogen (secondary N) is 2. The van der Waals surface area contributed by atoms with Gasteiger partial charge in [0.1, 0.15) is 59.4 Å². The van der Waals surface area contributed by atoms with Gasteiger partial charge in [0, 0.05) is 5.92 Å². The average molecular weight is 885 g/mol. The van der Waals surface area contributed by atoms with E-state index in [0.29, 0.717) is 11.5 Å². The minimum atomic E-state index is -1.90. The van der Waals surface area contributed by atoms with Crippen LogP contribution < -0.4 is 25.8 Å². The van der Waals surface area contributed by atoms with Gasteiger partial charge in [0.25, 0.3) is 14.9 Å². The van der Waals surface area contributed by atoms with Crippen molar-refractivity contribution in [1.29, 1.82) is 5.26 Å². The first-order valence-electron chi connectivity index (χ1n) is 21.3. The van der Waals surface area contributed by atoms with Crippen LogP contribution in [0.5, 0.6) is 11.5 Å². The number of hydrogen-bond acceptors (Lipinski definition) is 13. The number of nitriles is 1. The lowest BCUT2D eigenvalue weighted by Gasteiger charge is -2.45. The maximum atomic E-state index is 13.5. The summed E-state index contributed by atoms with van der Waals surface area (Å²) in [5.41, 5.74) is 6.59. The highest BCUT2D eigenvalue weighted by Gasteiger charge is 2.68. The van der Waals surface area contributed by atoms with E-state index in [4.69, 9.17) is 38.8 Å². The summed E-state index contributed by atoms with van der Waals surface area (Å²) in [6.45, 7) is 13.9. The maximum absolute atomic E-state index is 13.5. The van der Waals surface area contributed by atoms with Crippen LogP contribution in [-0.4, -0.2) is 94.9 Å². The van der Waals surface area contributed by atoms with E-state index in [9.17, 15) is 14.9 Å². The molecule has 1 aromatic heterocycles. The van der Waals surface area contributed by atoms with Gasteiger partial charge in [0.2, 0.25) is 5.79 Å². The lowest BCUT2D eigenvalue weighted by atomic mass is 9.79. The fraction of sp³-hybridized carbons (Fsp3) is 0.478. The maximum Gasteiger partial charge on any atom is 0.276 e. The second-order valence-electron chi connectivity index (χ2n) is 17.0. The topological polar surface area (TPSA) is 190 Å². The molecule has 0 saturated carbocycles. The molecule has 3 aliphatic rings. The van der Waals surface area contributed by atoms with Crippen molar-refractivity contribution in [3.63, 3.8) is 0 Å². The lowest BCUT2D eigenvalue weighted by Crippen LogP contribution is -2.70. The minimum absolute atomic E-state index is 0.0417. The van der Waals surface area contributed by atoms with Crippen LogP contribution in [0.4, 0.5) is 5.82 Å². The van der Waals surface area contributed by atoms with Crippen LogP contribution in [0.3, 0.4) is 0 Å². The molecule has 4 heterocycles. The van der Waals surface area contributed by atoms with Gasteiger partial charge in [0.05, 0.1) is 45.7 Å². The summed E-state index contributed by atoms with van der Waals surface area (Å²) < 4.78 is 41.8. The number of rotatable bonds is 19. The molecule has 2 unspecified atom stereocenters. The Morgan fingerprint density at radius 3 is 2.08 bits per heavy atom. The summed E-state index contributed by atoms with van der Waals surface area (Å²) in [7, 11) is 2.98. The van der Waals surface area contributed by atoms with Crippen LogP contribution in [-0.2, 0) is 34.0 Å². The van der Waals surface area contributed by atoms with Crippen molar-refractivity contribution in [2.75, 3.05) is 32.8 Å². The van der Waals surface area contributed by atoms with E-state index in [-0.39, 0.29) is 56.6 Å². The third kappa shape index (κ3) is 8.11. The van der Waals surface area contributed by atoms with Gasteiger partial charge in [-0.2, -0.15) is 10.1 Å². The monoisotopic (exact) mass is 884 g/mol. The summed E-state index contributed by atoms with van der Waals surface area (Å²) in [4.78, 5) is 37.9. The summed E-state index contributed by atoms with van der Waals surface area (Å²) in [6.07, 6.45) is -1.56. The number of aromatic nitrogens is 2. The summed E-state index contributed by atoms with van der Waals surface area (Å²) in [5.74, 6) is -1.86. The predicted molar refractivity (Wildman–Crippen MR) is 235 cm³/mol. The van der Waals surface area contributed by atoms with Crippen molar-refractivity contribution in [1.82, 2.24) is 14.9 Å². The minimum Gasteiger partial charge on any atom is -0.497 e. The molecule has 0 spiro atoms. The van der Waals surface area contributed by atoms with E-state index in [1.54, 1.807) is 32.6 Å². The number of carbonyl (C=O) groups excluding carboxylic acids is 2. The first kappa shape index (κ1) is 46.1. The number of benzene rings is 3. The number of imidazole rings is 1. The van der Waals surface area contributed by atoms with Crippen LogP contribution in [0.25, 0.3) is 0 Å². The number of nitrogens with two attached hydrogens (primary N) is 1. The Kier molecular flexibility index (Phi) is 13.4. The highest BCUT2D eigenvalue weighted by molar-refractivity contribution is 7.25. The second-order valence-corrected chi connectivity index (χ2v) is 18.1. The van der Waals surface area contributed by atoms with Crippen LogP contribution in [0, 0.1) is 17.2 Å². The molecule has 16 nitrogen and oxygen atoms in total. The van der Waals surface area contributed by atoms with Gasteiger partial charge in [-0.05, 0) is 75.6 Å². The zero-order valence-corrected chi connectivity index (χ0v) is 38.3. The molecule has 17 heteroatoms. The van der Waals surface area contributed by atoms with Crippen LogP contribution in [0.15, 0.2) is 85.2 Å². The second kappa shape index (κ2) is 18.3. The van der Waals surface area contributed by atoms with Crippen molar-refractivity contribution in [3.8, 4) is 17.6 Å². The van der Waals surface area contributed by atoms with Gasteiger partial charge in [0.15, 0.2) is 17.7 Å². The first-order valence-corrected chi connectivity index (χ1v) is 22.1. The van der Waals surface area contributed by atoms with Crippen molar-refractivity contribution in [3.05, 3.63) is 108 Å². The zero-order chi connectivity index (χ0) is 45.3.